The Bertz CT molecular complexity index is 626. The number of nitrogens with zero attached hydrogens (tertiary/aromatic N) is 1. The third-order valence-electron chi connectivity index (χ3n) is 4.59. The summed E-state index contributed by atoms with van der Waals surface area (Å²) < 4.78 is 11.4. The van der Waals surface area contributed by atoms with Gasteiger partial charge < -0.3 is 20.1 Å². The predicted octanol–water partition coefficient (Wildman–Crippen LogP) is 3.57. The largest absolute Gasteiger partial charge is 0.490 e. The quantitative estimate of drug-likeness (QED) is 0.423. The van der Waals surface area contributed by atoms with Gasteiger partial charge in [0.2, 0.25) is 0 Å². The first-order valence-electron chi connectivity index (χ1n) is 9.58. The molecule has 1 aliphatic rings. The van der Waals surface area contributed by atoms with E-state index in [9.17, 15) is 0 Å². The summed E-state index contributed by atoms with van der Waals surface area (Å²) in [5.41, 5.74) is 3.81. The standard InChI is InChI=1S/C21H33N3O2/c1-5-17(3)26-20-14-16(2)6-7-19(20)15-24-21(22-4)23-11-8-18-9-12-25-13-10-18/h6-7,9,14,17H,5,8,10-13,15H2,1-4H3,(H2,22,23,24). The summed E-state index contributed by atoms with van der Waals surface area (Å²) >= 11 is 0. The zero-order valence-corrected chi connectivity index (χ0v) is 16.6. The van der Waals surface area contributed by atoms with Crippen molar-refractivity contribution in [3.63, 3.8) is 0 Å². The molecule has 0 saturated carbocycles. The zero-order chi connectivity index (χ0) is 18.8. The zero-order valence-electron chi connectivity index (χ0n) is 16.6. The second kappa shape index (κ2) is 10.9. The average Bonchev–Trinajstić information content (AvgIpc) is 2.66. The molecule has 2 rings (SSSR count). The Balaban J connectivity index is 1.86. The summed E-state index contributed by atoms with van der Waals surface area (Å²) in [5.74, 6) is 1.77. The highest BCUT2D eigenvalue weighted by atomic mass is 16.5. The fourth-order valence-electron chi connectivity index (χ4n) is 2.75. The number of aryl methyl sites for hydroxylation is 1. The van der Waals surface area contributed by atoms with Crippen LogP contribution in [0.2, 0.25) is 0 Å². The lowest BCUT2D eigenvalue weighted by molar-refractivity contribution is 0.153. The Kier molecular flexibility index (Phi) is 8.48. The Labute approximate surface area is 157 Å². The third kappa shape index (κ3) is 6.71. The number of rotatable bonds is 8. The van der Waals surface area contributed by atoms with Gasteiger partial charge in [0.05, 0.1) is 19.3 Å². The maximum absolute atomic E-state index is 6.08. The summed E-state index contributed by atoms with van der Waals surface area (Å²) in [6.07, 6.45) is 5.45. The number of ether oxygens (including phenoxy) is 2. The molecule has 1 aliphatic heterocycles. The van der Waals surface area contributed by atoms with Gasteiger partial charge in [-0.05, 0) is 44.7 Å². The fourth-order valence-corrected chi connectivity index (χ4v) is 2.75. The van der Waals surface area contributed by atoms with Gasteiger partial charge in [0.15, 0.2) is 5.96 Å². The molecule has 0 aliphatic carbocycles. The van der Waals surface area contributed by atoms with Crippen molar-refractivity contribution < 1.29 is 9.47 Å². The Morgan fingerprint density at radius 2 is 2.19 bits per heavy atom. The van der Waals surface area contributed by atoms with E-state index in [0.717, 1.165) is 56.3 Å². The molecule has 5 heteroatoms. The number of aliphatic imine (C=N–C) groups is 1. The van der Waals surface area contributed by atoms with E-state index >= 15 is 0 Å². The molecule has 0 fully saturated rings. The molecule has 1 atom stereocenters. The van der Waals surface area contributed by atoms with Gasteiger partial charge >= 0.3 is 0 Å². The van der Waals surface area contributed by atoms with Crippen LogP contribution in [0.1, 0.15) is 44.2 Å². The van der Waals surface area contributed by atoms with Crippen LogP contribution in [0.25, 0.3) is 0 Å². The Morgan fingerprint density at radius 1 is 1.35 bits per heavy atom. The van der Waals surface area contributed by atoms with Crippen LogP contribution in [0, 0.1) is 6.92 Å². The summed E-state index contributed by atoms with van der Waals surface area (Å²) in [5, 5.41) is 6.78. The Morgan fingerprint density at radius 3 is 2.88 bits per heavy atom. The van der Waals surface area contributed by atoms with Gasteiger partial charge in [-0.15, -0.1) is 0 Å². The maximum Gasteiger partial charge on any atom is 0.191 e. The van der Waals surface area contributed by atoms with Gasteiger partial charge in [-0.2, -0.15) is 0 Å². The van der Waals surface area contributed by atoms with Crippen molar-refractivity contribution in [3.05, 3.63) is 41.0 Å². The highest BCUT2D eigenvalue weighted by Crippen LogP contribution is 2.22. The number of hydrogen-bond acceptors (Lipinski definition) is 3. The van der Waals surface area contributed by atoms with E-state index in [1.165, 1.54) is 11.1 Å². The van der Waals surface area contributed by atoms with E-state index in [4.69, 9.17) is 9.47 Å². The fraction of sp³-hybridized carbons (Fsp3) is 0.571. The van der Waals surface area contributed by atoms with Crippen LogP contribution in [-0.4, -0.2) is 38.9 Å². The van der Waals surface area contributed by atoms with E-state index in [-0.39, 0.29) is 6.10 Å². The van der Waals surface area contributed by atoms with Gasteiger partial charge in [-0.3, -0.25) is 4.99 Å². The number of nitrogens with one attached hydrogen (secondary N) is 2. The lowest BCUT2D eigenvalue weighted by Crippen LogP contribution is -2.37. The van der Waals surface area contributed by atoms with Crippen LogP contribution in [0.5, 0.6) is 5.75 Å². The van der Waals surface area contributed by atoms with Crippen molar-refractivity contribution in [2.75, 3.05) is 26.8 Å². The second-order valence-electron chi connectivity index (χ2n) is 6.74. The highest BCUT2D eigenvalue weighted by molar-refractivity contribution is 5.79. The van der Waals surface area contributed by atoms with Crippen LogP contribution in [0.3, 0.4) is 0 Å². The minimum absolute atomic E-state index is 0.209. The van der Waals surface area contributed by atoms with Crippen LogP contribution in [0.15, 0.2) is 34.8 Å². The topological polar surface area (TPSA) is 54.9 Å². The first-order valence-corrected chi connectivity index (χ1v) is 9.58. The number of guanidine groups is 1. The summed E-state index contributed by atoms with van der Waals surface area (Å²) in [6.45, 7) is 9.47. The van der Waals surface area contributed by atoms with E-state index < -0.39 is 0 Å². The maximum atomic E-state index is 6.08. The lowest BCUT2D eigenvalue weighted by Gasteiger charge is -2.19. The third-order valence-corrected chi connectivity index (χ3v) is 4.59. The molecular formula is C21H33N3O2. The highest BCUT2D eigenvalue weighted by Gasteiger charge is 2.09. The number of benzene rings is 1. The van der Waals surface area contributed by atoms with Crippen molar-refractivity contribution in [2.24, 2.45) is 4.99 Å². The van der Waals surface area contributed by atoms with E-state index in [2.05, 4.69) is 60.7 Å². The van der Waals surface area contributed by atoms with E-state index in [0.29, 0.717) is 6.54 Å². The lowest BCUT2D eigenvalue weighted by atomic mass is 10.1. The van der Waals surface area contributed by atoms with Crippen LogP contribution < -0.4 is 15.4 Å². The molecule has 0 amide bonds. The van der Waals surface area contributed by atoms with Crippen molar-refractivity contribution in [3.8, 4) is 5.75 Å². The molecule has 0 bridgehead atoms. The smallest absolute Gasteiger partial charge is 0.191 e. The Hall–Kier alpha value is -2.01. The molecule has 1 aromatic carbocycles. The van der Waals surface area contributed by atoms with Crippen molar-refractivity contribution in [2.45, 2.75) is 52.7 Å². The molecule has 1 unspecified atom stereocenters. The minimum Gasteiger partial charge on any atom is -0.490 e. The molecule has 26 heavy (non-hydrogen) atoms. The normalized spacial score (nSPS) is 16.0. The summed E-state index contributed by atoms with van der Waals surface area (Å²) in [7, 11) is 1.80. The molecule has 1 heterocycles. The monoisotopic (exact) mass is 359 g/mol. The van der Waals surface area contributed by atoms with Crippen LogP contribution >= 0.6 is 0 Å². The van der Waals surface area contributed by atoms with E-state index in [1.807, 2.05) is 0 Å². The average molecular weight is 360 g/mol. The summed E-state index contributed by atoms with van der Waals surface area (Å²) in [4.78, 5) is 4.32. The van der Waals surface area contributed by atoms with Gasteiger partial charge in [-0.1, -0.05) is 30.7 Å². The number of hydrogen-bond donors (Lipinski definition) is 2. The van der Waals surface area contributed by atoms with Crippen molar-refractivity contribution in [1.29, 1.82) is 0 Å². The first-order chi connectivity index (χ1) is 12.6. The second-order valence-corrected chi connectivity index (χ2v) is 6.74. The molecule has 2 N–H and O–H groups in total. The van der Waals surface area contributed by atoms with Gasteiger partial charge in [0, 0.05) is 25.7 Å². The van der Waals surface area contributed by atoms with Gasteiger partial charge in [0.1, 0.15) is 5.75 Å². The van der Waals surface area contributed by atoms with Crippen molar-refractivity contribution >= 4 is 5.96 Å². The SMILES string of the molecule is CCC(C)Oc1cc(C)ccc1CNC(=NC)NCCC1=CCOCC1. The summed E-state index contributed by atoms with van der Waals surface area (Å²) in [6, 6.07) is 6.35. The molecule has 0 aromatic heterocycles. The van der Waals surface area contributed by atoms with Gasteiger partial charge in [-0.25, -0.2) is 0 Å². The molecule has 144 valence electrons. The van der Waals surface area contributed by atoms with E-state index in [1.54, 1.807) is 7.05 Å². The van der Waals surface area contributed by atoms with Gasteiger partial charge in [0.25, 0.3) is 0 Å². The molecule has 1 aromatic rings. The van der Waals surface area contributed by atoms with Crippen LogP contribution in [-0.2, 0) is 11.3 Å². The molecule has 5 nitrogen and oxygen atoms in total. The van der Waals surface area contributed by atoms with Crippen LogP contribution in [0.4, 0.5) is 0 Å². The predicted molar refractivity (Wildman–Crippen MR) is 108 cm³/mol. The minimum atomic E-state index is 0.209. The molecule has 0 saturated heterocycles. The first kappa shape index (κ1) is 20.3. The van der Waals surface area contributed by atoms with Crippen molar-refractivity contribution in [1.82, 2.24) is 10.6 Å². The molecule has 0 radical (unpaired) electrons. The molecular weight excluding hydrogens is 326 g/mol. The molecule has 0 spiro atoms.